The van der Waals surface area contributed by atoms with Crippen LogP contribution in [0.5, 0.6) is 0 Å². The van der Waals surface area contributed by atoms with Gasteiger partial charge in [0.1, 0.15) is 12.0 Å². The minimum absolute atomic E-state index is 0.175. The summed E-state index contributed by atoms with van der Waals surface area (Å²) in [6.07, 6.45) is 3.00. The van der Waals surface area contributed by atoms with Crippen molar-refractivity contribution < 1.29 is 9.72 Å². The van der Waals surface area contributed by atoms with Crippen molar-refractivity contribution in [2.75, 3.05) is 11.9 Å². The summed E-state index contributed by atoms with van der Waals surface area (Å²) in [4.78, 5) is 26.3. The van der Waals surface area contributed by atoms with Gasteiger partial charge in [-0.1, -0.05) is 0 Å². The van der Waals surface area contributed by atoms with Crippen molar-refractivity contribution in [3.63, 3.8) is 0 Å². The van der Waals surface area contributed by atoms with Crippen LogP contribution in [0, 0.1) is 10.1 Å². The molecule has 1 aromatic heterocycles. The largest absolute Gasteiger partial charge is 0.370 e. The fourth-order valence-electron chi connectivity index (χ4n) is 1.69. The molecular formula is C12H16N4O3. The summed E-state index contributed by atoms with van der Waals surface area (Å²) < 4.78 is 0. The second-order valence-electron chi connectivity index (χ2n) is 4.89. The van der Waals surface area contributed by atoms with Gasteiger partial charge < -0.3 is 10.6 Å². The molecule has 0 radical (unpaired) electrons. The predicted molar refractivity (Wildman–Crippen MR) is 70.2 cm³/mol. The normalized spacial score (nSPS) is 15.7. The molecule has 2 rings (SSSR count). The Hall–Kier alpha value is -2.18. The molecule has 1 aliphatic rings. The standard InChI is InChI=1S/C12H16N4O3/c1-3-13-10-9(6-8(7-14-10)16(18)19)11(17)15-12(2)4-5-12/h6-7H,3-5H2,1-2H3,(H,13,14)(H,15,17). The number of aromatic nitrogens is 1. The maximum Gasteiger partial charge on any atom is 0.288 e. The predicted octanol–water partition coefficient (Wildman–Crippen LogP) is 1.70. The van der Waals surface area contributed by atoms with Crippen molar-refractivity contribution in [3.8, 4) is 0 Å². The summed E-state index contributed by atoms with van der Waals surface area (Å²) in [6.45, 7) is 4.40. The van der Waals surface area contributed by atoms with E-state index < -0.39 is 4.92 Å². The van der Waals surface area contributed by atoms with E-state index in [1.54, 1.807) is 0 Å². The summed E-state index contributed by atoms with van der Waals surface area (Å²) in [5, 5.41) is 16.6. The second-order valence-corrected chi connectivity index (χ2v) is 4.89. The molecule has 1 fully saturated rings. The third kappa shape index (κ3) is 2.98. The lowest BCUT2D eigenvalue weighted by Gasteiger charge is -2.13. The molecule has 1 aromatic rings. The Morgan fingerprint density at radius 1 is 1.58 bits per heavy atom. The molecule has 1 saturated carbocycles. The molecule has 0 unspecified atom stereocenters. The van der Waals surface area contributed by atoms with Crippen LogP contribution in [-0.2, 0) is 0 Å². The molecule has 0 spiro atoms. The van der Waals surface area contributed by atoms with Gasteiger partial charge in [-0.15, -0.1) is 0 Å². The van der Waals surface area contributed by atoms with E-state index in [-0.39, 0.29) is 22.7 Å². The summed E-state index contributed by atoms with van der Waals surface area (Å²) >= 11 is 0. The first-order valence-electron chi connectivity index (χ1n) is 6.16. The van der Waals surface area contributed by atoms with Crippen molar-refractivity contribution in [1.82, 2.24) is 10.3 Å². The smallest absolute Gasteiger partial charge is 0.288 e. The molecular weight excluding hydrogens is 248 g/mol. The van der Waals surface area contributed by atoms with E-state index in [1.807, 2.05) is 13.8 Å². The number of rotatable bonds is 5. The van der Waals surface area contributed by atoms with Crippen LogP contribution < -0.4 is 10.6 Å². The van der Waals surface area contributed by atoms with Gasteiger partial charge in [0.25, 0.3) is 11.6 Å². The minimum Gasteiger partial charge on any atom is -0.370 e. The Kier molecular flexibility index (Phi) is 3.37. The van der Waals surface area contributed by atoms with E-state index in [1.165, 1.54) is 6.07 Å². The maximum atomic E-state index is 12.2. The maximum absolute atomic E-state index is 12.2. The van der Waals surface area contributed by atoms with Gasteiger partial charge >= 0.3 is 0 Å². The van der Waals surface area contributed by atoms with E-state index in [0.717, 1.165) is 19.0 Å². The van der Waals surface area contributed by atoms with E-state index in [0.29, 0.717) is 12.4 Å². The highest BCUT2D eigenvalue weighted by Crippen LogP contribution is 2.35. The zero-order chi connectivity index (χ0) is 14.0. The van der Waals surface area contributed by atoms with Crippen LogP contribution in [-0.4, -0.2) is 27.9 Å². The number of nitrogens with one attached hydrogen (secondary N) is 2. The van der Waals surface area contributed by atoms with Gasteiger partial charge in [-0.2, -0.15) is 0 Å². The number of pyridine rings is 1. The molecule has 1 amide bonds. The molecule has 7 nitrogen and oxygen atoms in total. The SMILES string of the molecule is CCNc1ncc([N+](=O)[O-])cc1C(=O)NC1(C)CC1. The monoisotopic (exact) mass is 264 g/mol. The van der Waals surface area contributed by atoms with E-state index in [4.69, 9.17) is 0 Å². The van der Waals surface area contributed by atoms with Crippen molar-refractivity contribution in [2.45, 2.75) is 32.2 Å². The molecule has 2 N–H and O–H groups in total. The summed E-state index contributed by atoms with van der Waals surface area (Å²) in [7, 11) is 0. The average molecular weight is 264 g/mol. The highest BCUT2D eigenvalue weighted by atomic mass is 16.6. The van der Waals surface area contributed by atoms with Crippen LogP contribution in [0.1, 0.15) is 37.0 Å². The summed E-state index contributed by atoms with van der Waals surface area (Å²) in [5.41, 5.74) is -0.150. The Bertz CT molecular complexity index is 526. The summed E-state index contributed by atoms with van der Waals surface area (Å²) in [6, 6.07) is 1.26. The fraction of sp³-hybridized carbons (Fsp3) is 0.500. The van der Waals surface area contributed by atoms with Crippen LogP contribution in [0.4, 0.5) is 11.5 Å². The fourth-order valence-corrected chi connectivity index (χ4v) is 1.69. The number of anilines is 1. The minimum atomic E-state index is -0.557. The van der Waals surface area contributed by atoms with E-state index in [2.05, 4.69) is 15.6 Å². The number of amides is 1. The van der Waals surface area contributed by atoms with Crippen molar-refractivity contribution >= 4 is 17.4 Å². The molecule has 0 atom stereocenters. The van der Waals surface area contributed by atoms with Gasteiger partial charge in [0.05, 0.1) is 10.5 Å². The quantitative estimate of drug-likeness (QED) is 0.623. The molecule has 1 heterocycles. The topological polar surface area (TPSA) is 97.2 Å². The van der Waals surface area contributed by atoms with E-state index in [9.17, 15) is 14.9 Å². The number of carbonyl (C=O) groups is 1. The zero-order valence-corrected chi connectivity index (χ0v) is 10.9. The molecule has 1 aliphatic carbocycles. The van der Waals surface area contributed by atoms with Crippen LogP contribution in [0.3, 0.4) is 0 Å². The Balaban J connectivity index is 2.30. The number of hydrogen-bond acceptors (Lipinski definition) is 5. The molecule has 0 bridgehead atoms. The third-order valence-electron chi connectivity index (χ3n) is 3.09. The molecule has 0 saturated heterocycles. The first-order chi connectivity index (χ1) is 8.95. The molecule has 7 heteroatoms. The number of nitrogens with zero attached hydrogens (tertiary/aromatic N) is 2. The molecule has 0 aromatic carbocycles. The van der Waals surface area contributed by atoms with Crippen LogP contribution in [0.15, 0.2) is 12.3 Å². The zero-order valence-electron chi connectivity index (χ0n) is 10.9. The Labute approximate surface area is 110 Å². The number of nitro groups is 1. The van der Waals surface area contributed by atoms with Gasteiger partial charge in [-0.25, -0.2) is 4.98 Å². The van der Waals surface area contributed by atoms with E-state index >= 15 is 0 Å². The number of carbonyl (C=O) groups excluding carboxylic acids is 1. The number of hydrogen-bond donors (Lipinski definition) is 2. The van der Waals surface area contributed by atoms with Gasteiger partial charge in [0, 0.05) is 18.2 Å². The average Bonchev–Trinajstić information content (AvgIpc) is 3.07. The lowest BCUT2D eigenvalue weighted by Crippen LogP contribution is -2.34. The van der Waals surface area contributed by atoms with Gasteiger partial charge in [-0.3, -0.25) is 14.9 Å². The first-order valence-corrected chi connectivity index (χ1v) is 6.16. The lowest BCUT2D eigenvalue weighted by molar-refractivity contribution is -0.385. The van der Waals surface area contributed by atoms with Gasteiger partial charge in [-0.05, 0) is 26.7 Å². The lowest BCUT2D eigenvalue weighted by atomic mass is 10.2. The summed E-state index contributed by atoms with van der Waals surface area (Å²) in [5.74, 6) is 0.0435. The van der Waals surface area contributed by atoms with Crippen LogP contribution >= 0.6 is 0 Å². The van der Waals surface area contributed by atoms with Gasteiger partial charge in [0.15, 0.2) is 0 Å². The Morgan fingerprint density at radius 3 is 2.79 bits per heavy atom. The van der Waals surface area contributed by atoms with Crippen molar-refractivity contribution in [2.24, 2.45) is 0 Å². The highest BCUT2D eigenvalue weighted by molar-refractivity contribution is 5.99. The molecule has 19 heavy (non-hydrogen) atoms. The van der Waals surface area contributed by atoms with Crippen molar-refractivity contribution in [1.29, 1.82) is 0 Å². The molecule has 102 valence electrons. The Morgan fingerprint density at radius 2 is 2.26 bits per heavy atom. The van der Waals surface area contributed by atoms with Crippen LogP contribution in [0.25, 0.3) is 0 Å². The third-order valence-corrected chi connectivity index (χ3v) is 3.09. The van der Waals surface area contributed by atoms with Crippen LogP contribution in [0.2, 0.25) is 0 Å². The molecule has 0 aliphatic heterocycles. The van der Waals surface area contributed by atoms with Crippen molar-refractivity contribution in [3.05, 3.63) is 27.9 Å². The first kappa shape index (κ1) is 13.3. The van der Waals surface area contributed by atoms with Gasteiger partial charge in [0.2, 0.25) is 0 Å². The highest BCUT2D eigenvalue weighted by Gasteiger charge is 2.39. The second kappa shape index (κ2) is 4.83.